The normalized spacial score (nSPS) is 17.2. The van der Waals surface area contributed by atoms with Gasteiger partial charge in [0.25, 0.3) is 10.0 Å². The number of urea groups is 1. The van der Waals surface area contributed by atoms with Gasteiger partial charge in [0.15, 0.2) is 16.5 Å². The highest BCUT2D eigenvalue weighted by molar-refractivity contribution is 7.89. The summed E-state index contributed by atoms with van der Waals surface area (Å²) < 4.78 is 39.4. The molecule has 2 aliphatic heterocycles. The van der Waals surface area contributed by atoms with Crippen molar-refractivity contribution in [3.63, 3.8) is 0 Å². The number of sulfonamides is 1. The molecule has 29 heavy (non-hydrogen) atoms. The van der Waals surface area contributed by atoms with E-state index in [2.05, 4.69) is 10.3 Å². The lowest BCUT2D eigenvalue weighted by atomic mass is 10.3. The van der Waals surface area contributed by atoms with Gasteiger partial charge in [-0.25, -0.2) is 18.2 Å². The van der Waals surface area contributed by atoms with Crippen LogP contribution >= 0.6 is 0 Å². The molecule has 0 aliphatic carbocycles. The second-order valence-corrected chi connectivity index (χ2v) is 8.86. The van der Waals surface area contributed by atoms with Gasteiger partial charge in [-0.3, -0.25) is 0 Å². The highest BCUT2D eigenvalue weighted by Crippen LogP contribution is 2.34. The minimum absolute atomic E-state index is 0.0377. The molecule has 1 fully saturated rings. The molecule has 3 heterocycles. The van der Waals surface area contributed by atoms with Crippen molar-refractivity contribution in [1.82, 2.24) is 18.8 Å². The third-order valence-electron chi connectivity index (χ3n) is 5.06. The number of anilines is 1. The Bertz CT molecular complexity index is 1020. The van der Waals surface area contributed by atoms with E-state index >= 15 is 0 Å². The Morgan fingerprint density at radius 1 is 1.14 bits per heavy atom. The first-order valence-electron chi connectivity index (χ1n) is 9.30. The second kappa shape index (κ2) is 7.56. The number of benzene rings is 1. The van der Waals surface area contributed by atoms with E-state index in [0.29, 0.717) is 49.1 Å². The number of imidazole rings is 1. The average molecular weight is 421 g/mol. The summed E-state index contributed by atoms with van der Waals surface area (Å²) in [7, 11) is -1.93. The summed E-state index contributed by atoms with van der Waals surface area (Å²) in [6.07, 6.45) is 2.05. The first-order valence-corrected chi connectivity index (χ1v) is 10.7. The molecule has 4 rings (SSSR count). The topological polar surface area (TPSA) is 106 Å². The van der Waals surface area contributed by atoms with Gasteiger partial charge in [0.05, 0.1) is 0 Å². The summed E-state index contributed by atoms with van der Waals surface area (Å²) in [5, 5.41) is 2.87. The van der Waals surface area contributed by atoms with Gasteiger partial charge in [-0.15, -0.1) is 0 Å². The van der Waals surface area contributed by atoms with E-state index in [-0.39, 0.29) is 24.4 Å². The van der Waals surface area contributed by atoms with E-state index in [0.717, 1.165) is 0 Å². The van der Waals surface area contributed by atoms with E-state index in [1.807, 2.05) is 0 Å². The van der Waals surface area contributed by atoms with Crippen LogP contribution in [0.15, 0.2) is 29.4 Å². The Morgan fingerprint density at radius 3 is 2.69 bits per heavy atom. The molecular weight excluding hydrogens is 398 g/mol. The molecule has 156 valence electrons. The molecule has 0 atom stereocenters. The molecule has 1 saturated heterocycles. The molecule has 2 amide bonds. The summed E-state index contributed by atoms with van der Waals surface area (Å²) in [5.41, 5.74) is 0.594. The predicted molar refractivity (Wildman–Crippen MR) is 104 cm³/mol. The predicted octanol–water partition coefficient (Wildman–Crippen LogP) is 1.39. The fraction of sp³-hybridized carbons (Fsp3) is 0.444. The van der Waals surface area contributed by atoms with Crippen LogP contribution in [0.1, 0.15) is 12.2 Å². The second-order valence-electron chi connectivity index (χ2n) is 6.98. The number of nitrogens with zero attached hydrogens (tertiary/aromatic N) is 4. The molecule has 0 spiro atoms. The zero-order chi connectivity index (χ0) is 20.6. The van der Waals surface area contributed by atoms with Crippen molar-refractivity contribution in [1.29, 1.82) is 0 Å². The van der Waals surface area contributed by atoms with Crippen LogP contribution in [0.25, 0.3) is 0 Å². The Morgan fingerprint density at radius 2 is 1.93 bits per heavy atom. The van der Waals surface area contributed by atoms with Crippen molar-refractivity contribution >= 4 is 21.7 Å². The Balaban J connectivity index is 1.41. The highest BCUT2D eigenvalue weighted by Gasteiger charge is 2.30. The number of nitrogens with one attached hydrogen (secondary N) is 1. The van der Waals surface area contributed by atoms with Crippen LogP contribution in [0.3, 0.4) is 0 Å². The van der Waals surface area contributed by atoms with Gasteiger partial charge in [-0.1, -0.05) is 0 Å². The summed E-state index contributed by atoms with van der Waals surface area (Å²) in [5.74, 6) is 1.85. The fourth-order valence-electron chi connectivity index (χ4n) is 3.30. The third kappa shape index (κ3) is 3.87. The van der Waals surface area contributed by atoms with Gasteiger partial charge in [0, 0.05) is 51.2 Å². The summed E-state index contributed by atoms with van der Waals surface area (Å²) in [6.45, 7) is 3.23. The van der Waals surface area contributed by atoms with E-state index in [1.165, 1.54) is 10.5 Å². The minimum atomic E-state index is -3.69. The van der Waals surface area contributed by atoms with Gasteiger partial charge >= 0.3 is 6.03 Å². The van der Waals surface area contributed by atoms with Gasteiger partial charge in [-0.2, -0.15) is 4.31 Å². The average Bonchev–Trinajstić information content (AvgIpc) is 3.18. The zero-order valence-electron chi connectivity index (χ0n) is 16.3. The molecule has 0 unspecified atom stereocenters. The van der Waals surface area contributed by atoms with Crippen molar-refractivity contribution < 1.29 is 22.7 Å². The van der Waals surface area contributed by atoms with Crippen LogP contribution < -0.4 is 14.8 Å². The third-order valence-corrected chi connectivity index (χ3v) is 6.83. The Hall–Kier alpha value is -2.79. The maximum absolute atomic E-state index is 12.9. The molecule has 0 radical (unpaired) electrons. The Labute approximate surface area is 169 Å². The molecule has 0 bridgehead atoms. The van der Waals surface area contributed by atoms with Crippen LogP contribution in [0.2, 0.25) is 0 Å². The number of amides is 2. The summed E-state index contributed by atoms with van der Waals surface area (Å²) in [6, 6.07) is 4.90. The molecule has 1 aromatic carbocycles. The SMILES string of the molecule is Cc1nc(S(=O)(=O)N2CCCN(C(=O)Nc3ccc4c(c3)OCO4)CC2)cn1C. The minimum Gasteiger partial charge on any atom is -0.454 e. The molecule has 1 N–H and O–H groups in total. The molecule has 2 aliphatic rings. The largest absolute Gasteiger partial charge is 0.454 e. The summed E-state index contributed by atoms with van der Waals surface area (Å²) >= 11 is 0. The van der Waals surface area contributed by atoms with E-state index in [1.54, 1.807) is 41.6 Å². The van der Waals surface area contributed by atoms with Crippen molar-refractivity contribution in [3.8, 4) is 11.5 Å². The van der Waals surface area contributed by atoms with Gasteiger partial charge in [0.1, 0.15) is 5.82 Å². The first-order chi connectivity index (χ1) is 13.8. The first kappa shape index (κ1) is 19.5. The Kier molecular flexibility index (Phi) is 5.09. The van der Waals surface area contributed by atoms with Gasteiger partial charge < -0.3 is 24.3 Å². The maximum atomic E-state index is 12.9. The molecular formula is C18H23N5O5S. The lowest BCUT2D eigenvalue weighted by Gasteiger charge is -2.22. The van der Waals surface area contributed by atoms with E-state index in [9.17, 15) is 13.2 Å². The van der Waals surface area contributed by atoms with Crippen LogP contribution in [0.4, 0.5) is 10.5 Å². The van der Waals surface area contributed by atoms with Gasteiger partial charge in [0.2, 0.25) is 6.79 Å². The number of rotatable bonds is 3. The van der Waals surface area contributed by atoms with Crippen LogP contribution in [-0.4, -0.2) is 66.2 Å². The van der Waals surface area contributed by atoms with Crippen molar-refractivity contribution in [2.24, 2.45) is 7.05 Å². The highest BCUT2D eigenvalue weighted by atomic mass is 32.2. The molecule has 0 saturated carbocycles. The smallest absolute Gasteiger partial charge is 0.321 e. The molecule has 2 aromatic rings. The summed E-state index contributed by atoms with van der Waals surface area (Å²) in [4.78, 5) is 18.4. The number of fused-ring (bicyclic) bond motifs is 1. The lowest BCUT2D eigenvalue weighted by Crippen LogP contribution is -2.39. The van der Waals surface area contributed by atoms with Crippen LogP contribution in [0, 0.1) is 6.92 Å². The zero-order valence-corrected chi connectivity index (χ0v) is 17.1. The van der Waals surface area contributed by atoms with E-state index in [4.69, 9.17) is 9.47 Å². The monoisotopic (exact) mass is 421 g/mol. The number of aromatic nitrogens is 2. The number of hydrogen-bond acceptors (Lipinski definition) is 6. The molecule has 11 heteroatoms. The quantitative estimate of drug-likeness (QED) is 0.803. The molecule has 10 nitrogen and oxygen atoms in total. The van der Waals surface area contributed by atoms with Gasteiger partial charge in [-0.05, 0) is 25.5 Å². The van der Waals surface area contributed by atoms with Crippen molar-refractivity contribution in [3.05, 3.63) is 30.2 Å². The number of ether oxygens (including phenoxy) is 2. The standard InChI is InChI=1S/C18H23N5O5S/c1-13-19-17(11-21(13)2)29(25,26)23-7-3-6-22(8-9-23)18(24)20-14-4-5-15-16(10-14)28-12-27-15/h4-5,10-11H,3,6-9,12H2,1-2H3,(H,20,24). The number of carbonyl (C=O) groups is 1. The van der Waals surface area contributed by atoms with Crippen LogP contribution in [0.5, 0.6) is 11.5 Å². The lowest BCUT2D eigenvalue weighted by molar-refractivity contribution is 0.174. The fourth-order valence-corrected chi connectivity index (χ4v) is 4.79. The number of aryl methyl sites for hydroxylation is 2. The van der Waals surface area contributed by atoms with E-state index < -0.39 is 10.0 Å². The van der Waals surface area contributed by atoms with Crippen LogP contribution in [-0.2, 0) is 17.1 Å². The maximum Gasteiger partial charge on any atom is 0.321 e. The molecule has 1 aromatic heterocycles. The van der Waals surface area contributed by atoms with Crippen molar-refractivity contribution in [2.75, 3.05) is 38.3 Å². The number of carbonyl (C=O) groups excluding carboxylic acids is 1. The number of hydrogen-bond donors (Lipinski definition) is 1. The van der Waals surface area contributed by atoms with Crippen molar-refractivity contribution in [2.45, 2.75) is 18.4 Å².